The van der Waals surface area contributed by atoms with Crippen molar-refractivity contribution in [1.82, 2.24) is 4.90 Å². The van der Waals surface area contributed by atoms with Crippen molar-refractivity contribution >= 4 is 12.6 Å². The van der Waals surface area contributed by atoms with Crippen LogP contribution in [0.2, 0.25) is 0 Å². The van der Waals surface area contributed by atoms with E-state index in [0.29, 0.717) is 6.04 Å². The molecule has 1 unspecified atom stereocenters. The average Bonchev–Trinajstić information content (AvgIpc) is 2.28. The summed E-state index contributed by atoms with van der Waals surface area (Å²) in [5, 5.41) is 9.09. The molecule has 0 saturated carbocycles. The molecule has 1 atom stereocenters. The molecular formula is C13H29NOS. The molecule has 98 valence electrons. The third kappa shape index (κ3) is 6.77. The molecule has 3 heteroatoms. The standard InChI is InChI=1S/C13H29NOS/c1-4-13(5-2)14(9-10-15)8-6-12(3)7-11-16/h12-13,15-16H,4-11H2,1-3H3. The zero-order valence-corrected chi connectivity index (χ0v) is 12.0. The van der Waals surface area contributed by atoms with Crippen LogP contribution in [0.25, 0.3) is 0 Å². The van der Waals surface area contributed by atoms with Crippen LogP contribution in [0, 0.1) is 5.92 Å². The van der Waals surface area contributed by atoms with Gasteiger partial charge in [-0.1, -0.05) is 20.8 Å². The SMILES string of the molecule is CCC(CC)N(CCO)CCC(C)CCS. The third-order valence-corrected chi connectivity index (χ3v) is 3.64. The van der Waals surface area contributed by atoms with E-state index in [4.69, 9.17) is 5.11 Å². The van der Waals surface area contributed by atoms with Crippen molar-refractivity contribution in [2.24, 2.45) is 5.92 Å². The zero-order chi connectivity index (χ0) is 12.4. The van der Waals surface area contributed by atoms with Gasteiger partial charge in [0.2, 0.25) is 0 Å². The second kappa shape index (κ2) is 10.4. The fourth-order valence-corrected chi connectivity index (χ4v) is 2.60. The Morgan fingerprint density at radius 2 is 1.75 bits per heavy atom. The Kier molecular flexibility index (Phi) is 10.6. The second-order valence-corrected chi connectivity index (χ2v) is 5.08. The maximum atomic E-state index is 9.09. The molecule has 0 spiro atoms. The molecule has 0 radical (unpaired) electrons. The smallest absolute Gasteiger partial charge is 0.0558 e. The van der Waals surface area contributed by atoms with Gasteiger partial charge in [0.25, 0.3) is 0 Å². The first kappa shape index (κ1) is 16.3. The molecule has 0 aliphatic heterocycles. The Labute approximate surface area is 107 Å². The van der Waals surface area contributed by atoms with Crippen molar-refractivity contribution < 1.29 is 5.11 Å². The molecule has 0 fully saturated rings. The molecule has 0 bridgehead atoms. The predicted molar refractivity (Wildman–Crippen MR) is 75.3 cm³/mol. The van der Waals surface area contributed by atoms with E-state index in [-0.39, 0.29) is 6.61 Å². The normalized spacial score (nSPS) is 13.7. The number of aliphatic hydroxyl groups excluding tert-OH is 1. The molecule has 0 heterocycles. The first-order valence-corrected chi connectivity index (χ1v) is 7.28. The van der Waals surface area contributed by atoms with Gasteiger partial charge in [-0.2, -0.15) is 12.6 Å². The first-order chi connectivity index (χ1) is 7.69. The summed E-state index contributed by atoms with van der Waals surface area (Å²) in [6.45, 7) is 8.96. The maximum Gasteiger partial charge on any atom is 0.0558 e. The molecule has 2 nitrogen and oxygen atoms in total. The summed E-state index contributed by atoms with van der Waals surface area (Å²) in [4.78, 5) is 2.44. The number of hydrogen-bond donors (Lipinski definition) is 2. The van der Waals surface area contributed by atoms with E-state index in [1.807, 2.05) is 0 Å². The summed E-state index contributed by atoms with van der Waals surface area (Å²) in [6.07, 6.45) is 4.77. The highest BCUT2D eigenvalue weighted by molar-refractivity contribution is 7.80. The van der Waals surface area contributed by atoms with Crippen LogP contribution in [-0.2, 0) is 0 Å². The Morgan fingerprint density at radius 1 is 1.12 bits per heavy atom. The summed E-state index contributed by atoms with van der Waals surface area (Å²) in [6, 6.07) is 0.635. The van der Waals surface area contributed by atoms with Gasteiger partial charge in [0.15, 0.2) is 0 Å². The summed E-state index contributed by atoms with van der Waals surface area (Å²) in [7, 11) is 0. The van der Waals surface area contributed by atoms with Crippen molar-refractivity contribution in [2.45, 2.75) is 52.5 Å². The van der Waals surface area contributed by atoms with E-state index in [1.54, 1.807) is 0 Å². The van der Waals surface area contributed by atoms with Gasteiger partial charge >= 0.3 is 0 Å². The molecule has 0 saturated heterocycles. The van der Waals surface area contributed by atoms with E-state index in [1.165, 1.54) is 25.7 Å². The predicted octanol–water partition coefficient (Wildman–Crippen LogP) is 2.82. The van der Waals surface area contributed by atoms with Crippen LogP contribution in [-0.4, -0.2) is 41.5 Å². The number of nitrogens with zero attached hydrogens (tertiary/aromatic N) is 1. The van der Waals surface area contributed by atoms with Crippen molar-refractivity contribution in [1.29, 1.82) is 0 Å². The topological polar surface area (TPSA) is 23.5 Å². The van der Waals surface area contributed by atoms with Crippen LogP contribution < -0.4 is 0 Å². The minimum atomic E-state index is 0.275. The first-order valence-electron chi connectivity index (χ1n) is 6.65. The van der Waals surface area contributed by atoms with Gasteiger partial charge in [0.1, 0.15) is 0 Å². The highest BCUT2D eigenvalue weighted by Crippen LogP contribution is 2.13. The largest absolute Gasteiger partial charge is 0.395 e. The maximum absolute atomic E-state index is 9.09. The summed E-state index contributed by atoms with van der Waals surface area (Å²) in [5.41, 5.74) is 0. The minimum Gasteiger partial charge on any atom is -0.395 e. The minimum absolute atomic E-state index is 0.275. The van der Waals surface area contributed by atoms with E-state index in [9.17, 15) is 0 Å². The second-order valence-electron chi connectivity index (χ2n) is 4.64. The van der Waals surface area contributed by atoms with Gasteiger partial charge < -0.3 is 5.11 Å². The molecule has 0 aliphatic carbocycles. The Morgan fingerprint density at radius 3 is 2.19 bits per heavy atom. The van der Waals surface area contributed by atoms with E-state index < -0.39 is 0 Å². The van der Waals surface area contributed by atoms with Crippen molar-refractivity contribution in [2.75, 3.05) is 25.4 Å². The quantitative estimate of drug-likeness (QED) is 0.580. The lowest BCUT2D eigenvalue weighted by atomic mass is 10.0. The van der Waals surface area contributed by atoms with Gasteiger partial charge in [-0.3, -0.25) is 4.90 Å². The number of hydrogen-bond acceptors (Lipinski definition) is 3. The molecule has 1 N–H and O–H groups in total. The third-order valence-electron chi connectivity index (χ3n) is 3.38. The van der Waals surface area contributed by atoms with Crippen molar-refractivity contribution in [3.05, 3.63) is 0 Å². The number of rotatable bonds is 10. The van der Waals surface area contributed by atoms with Crippen LogP contribution in [0.15, 0.2) is 0 Å². The van der Waals surface area contributed by atoms with Crippen LogP contribution in [0.1, 0.15) is 46.5 Å². The Balaban J connectivity index is 4.01. The molecule has 0 aromatic carbocycles. The van der Waals surface area contributed by atoms with Crippen LogP contribution in [0.4, 0.5) is 0 Å². The molecular weight excluding hydrogens is 218 g/mol. The summed E-state index contributed by atoms with van der Waals surface area (Å²) in [5.74, 6) is 1.72. The van der Waals surface area contributed by atoms with Crippen LogP contribution in [0.3, 0.4) is 0 Å². The lowest BCUT2D eigenvalue weighted by Gasteiger charge is -2.30. The van der Waals surface area contributed by atoms with E-state index in [2.05, 4.69) is 38.3 Å². The van der Waals surface area contributed by atoms with Gasteiger partial charge in [-0.15, -0.1) is 0 Å². The monoisotopic (exact) mass is 247 g/mol. The molecule has 0 aromatic rings. The van der Waals surface area contributed by atoms with Gasteiger partial charge in [-0.25, -0.2) is 0 Å². The van der Waals surface area contributed by atoms with Gasteiger partial charge in [-0.05, 0) is 43.9 Å². The number of thiol groups is 1. The molecule has 0 aromatic heterocycles. The highest BCUT2D eigenvalue weighted by Gasteiger charge is 2.15. The lowest BCUT2D eigenvalue weighted by Crippen LogP contribution is -2.38. The van der Waals surface area contributed by atoms with Crippen LogP contribution >= 0.6 is 12.6 Å². The van der Waals surface area contributed by atoms with E-state index >= 15 is 0 Å². The molecule has 16 heavy (non-hydrogen) atoms. The fourth-order valence-electron chi connectivity index (χ4n) is 2.16. The van der Waals surface area contributed by atoms with Gasteiger partial charge in [0.05, 0.1) is 6.61 Å². The summed E-state index contributed by atoms with van der Waals surface area (Å²) >= 11 is 4.27. The highest BCUT2D eigenvalue weighted by atomic mass is 32.1. The fraction of sp³-hybridized carbons (Fsp3) is 1.00. The average molecular weight is 247 g/mol. The Hall–Kier alpha value is 0.270. The van der Waals surface area contributed by atoms with Gasteiger partial charge in [0, 0.05) is 12.6 Å². The van der Waals surface area contributed by atoms with Crippen molar-refractivity contribution in [3.63, 3.8) is 0 Å². The number of aliphatic hydroxyl groups is 1. The van der Waals surface area contributed by atoms with Crippen LogP contribution in [0.5, 0.6) is 0 Å². The summed E-state index contributed by atoms with van der Waals surface area (Å²) < 4.78 is 0. The molecule has 0 rings (SSSR count). The lowest BCUT2D eigenvalue weighted by molar-refractivity contribution is 0.136. The molecule has 0 aliphatic rings. The van der Waals surface area contributed by atoms with Crippen molar-refractivity contribution in [3.8, 4) is 0 Å². The zero-order valence-electron chi connectivity index (χ0n) is 11.2. The Bertz CT molecular complexity index is 151. The van der Waals surface area contributed by atoms with E-state index in [0.717, 1.165) is 24.8 Å². The molecule has 0 amide bonds.